The van der Waals surface area contributed by atoms with E-state index in [0.29, 0.717) is 5.75 Å². The van der Waals surface area contributed by atoms with Crippen molar-refractivity contribution in [2.75, 3.05) is 11.1 Å². The number of aryl methyl sites for hydroxylation is 2. The van der Waals surface area contributed by atoms with E-state index < -0.39 is 0 Å². The summed E-state index contributed by atoms with van der Waals surface area (Å²) in [6.07, 6.45) is 0. The summed E-state index contributed by atoms with van der Waals surface area (Å²) in [6, 6.07) is 16.1. The predicted octanol–water partition coefficient (Wildman–Crippen LogP) is 4.87. The van der Waals surface area contributed by atoms with Crippen molar-refractivity contribution < 1.29 is 4.79 Å². The Morgan fingerprint density at radius 3 is 2.67 bits per heavy atom. The van der Waals surface area contributed by atoms with E-state index in [-0.39, 0.29) is 11.9 Å². The molecule has 0 unspecified atom stereocenters. The number of rotatable bonds is 7. The van der Waals surface area contributed by atoms with Crippen molar-refractivity contribution in [3.63, 3.8) is 0 Å². The fourth-order valence-corrected chi connectivity index (χ4v) is 4.20. The van der Waals surface area contributed by atoms with Gasteiger partial charge in [-0.05, 0) is 38.0 Å². The number of hydrogen-bond acceptors (Lipinski definition) is 6. The van der Waals surface area contributed by atoms with Crippen molar-refractivity contribution in [2.45, 2.75) is 31.2 Å². The topological polar surface area (TPSA) is 66.9 Å². The van der Waals surface area contributed by atoms with Gasteiger partial charge >= 0.3 is 0 Å². The van der Waals surface area contributed by atoms with E-state index in [0.717, 1.165) is 26.3 Å². The number of nitrogens with zero attached hydrogens (tertiary/aromatic N) is 2. The number of aromatic nitrogens is 2. The van der Waals surface area contributed by atoms with Gasteiger partial charge in [0.15, 0.2) is 4.34 Å². The number of benzene rings is 2. The fourth-order valence-electron chi connectivity index (χ4n) is 2.62. The number of thioether (sulfide) groups is 1. The van der Waals surface area contributed by atoms with Crippen molar-refractivity contribution >= 4 is 39.8 Å². The van der Waals surface area contributed by atoms with Crippen LogP contribution in [0.2, 0.25) is 0 Å². The zero-order chi connectivity index (χ0) is 19.2. The highest BCUT2D eigenvalue weighted by molar-refractivity contribution is 8.01. The maximum absolute atomic E-state index is 12.2. The Kier molecular flexibility index (Phi) is 6.47. The standard InChI is InChI=1S/C20H22N4OS2/c1-13-9-10-17(14(2)11-13)22-19-23-24-20(27-19)26-12-18(25)21-15(3)16-7-5-4-6-8-16/h4-11,15H,12H2,1-3H3,(H,21,25)(H,22,23)/t15-/m0/s1. The van der Waals surface area contributed by atoms with E-state index in [2.05, 4.69) is 46.8 Å². The minimum atomic E-state index is -0.0181. The quantitative estimate of drug-likeness (QED) is 0.556. The van der Waals surface area contributed by atoms with Crippen molar-refractivity contribution in [1.82, 2.24) is 15.5 Å². The largest absolute Gasteiger partial charge is 0.349 e. The predicted molar refractivity (Wildman–Crippen MR) is 113 cm³/mol. The highest BCUT2D eigenvalue weighted by Crippen LogP contribution is 2.29. The van der Waals surface area contributed by atoms with Gasteiger partial charge in [-0.1, -0.05) is 71.1 Å². The summed E-state index contributed by atoms with van der Waals surface area (Å²) < 4.78 is 0.768. The lowest BCUT2D eigenvalue weighted by Gasteiger charge is -2.13. The molecule has 1 atom stereocenters. The monoisotopic (exact) mass is 398 g/mol. The van der Waals surface area contributed by atoms with Gasteiger partial charge in [-0.15, -0.1) is 10.2 Å². The van der Waals surface area contributed by atoms with Crippen LogP contribution in [0.4, 0.5) is 10.8 Å². The molecule has 0 aliphatic carbocycles. The van der Waals surface area contributed by atoms with Crippen molar-refractivity contribution in [3.05, 3.63) is 65.2 Å². The van der Waals surface area contributed by atoms with Crippen LogP contribution < -0.4 is 10.6 Å². The van der Waals surface area contributed by atoms with E-state index in [1.807, 2.05) is 43.3 Å². The summed E-state index contributed by atoms with van der Waals surface area (Å²) in [5, 5.41) is 15.3. The van der Waals surface area contributed by atoms with E-state index in [1.54, 1.807) is 0 Å². The average Bonchev–Trinajstić information content (AvgIpc) is 3.10. The Hall–Kier alpha value is -2.38. The van der Waals surface area contributed by atoms with Gasteiger partial charge in [0, 0.05) is 5.69 Å². The summed E-state index contributed by atoms with van der Waals surface area (Å²) >= 11 is 2.84. The van der Waals surface area contributed by atoms with Gasteiger partial charge in [0.1, 0.15) is 0 Å². The maximum atomic E-state index is 12.2. The molecule has 27 heavy (non-hydrogen) atoms. The molecule has 7 heteroatoms. The van der Waals surface area contributed by atoms with Crippen molar-refractivity contribution in [2.24, 2.45) is 0 Å². The second-order valence-electron chi connectivity index (χ2n) is 6.31. The lowest BCUT2D eigenvalue weighted by molar-refractivity contribution is -0.119. The molecule has 5 nitrogen and oxygen atoms in total. The number of nitrogens with one attached hydrogen (secondary N) is 2. The first-order valence-corrected chi connectivity index (χ1v) is 10.5. The molecule has 2 aromatic carbocycles. The van der Waals surface area contributed by atoms with E-state index in [4.69, 9.17) is 0 Å². The van der Waals surface area contributed by atoms with E-state index >= 15 is 0 Å². The van der Waals surface area contributed by atoms with E-state index in [1.165, 1.54) is 28.7 Å². The Balaban J connectivity index is 1.51. The van der Waals surface area contributed by atoms with Gasteiger partial charge in [0.05, 0.1) is 11.8 Å². The molecule has 0 aliphatic rings. The molecule has 3 aromatic rings. The molecule has 0 bridgehead atoms. The molecular formula is C20H22N4OS2. The Morgan fingerprint density at radius 1 is 1.15 bits per heavy atom. The first-order valence-electron chi connectivity index (χ1n) is 8.66. The average molecular weight is 399 g/mol. The van der Waals surface area contributed by atoms with Crippen molar-refractivity contribution in [1.29, 1.82) is 0 Å². The third-order valence-electron chi connectivity index (χ3n) is 4.03. The normalized spacial score (nSPS) is 11.8. The van der Waals surface area contributed by atoms with Crippen LogP contribution >= 0.6 is 23.1 Å². The minimum absolute atomic E-state index is 0.0181. The van der Waals surface area contributed by atoms with Crippen LogP contribution in [0.5, 0.6) is 0 Å². The molecule has 0 saturated carbocycles. The summed E-state index contributed by atoms with van der Waals surface area (Å²) in [6.45, 7) is 6.11. The molecule has 1 heterocycles. The van der Waals surface area contributed by atoms with Crippen LogP contribution in [-0.4, -0.2) is 21.9 Å². The highest BCUT2D eigenvalue weighted by atomic mass is 32.2. The van der Waals surface area contributed by atoms with Gasteiger partial charge in [0.2, 0.25) is 11.0 Å². The van der Waals surface area contributed by atoms with E-state index in [9.17, 15) is 4.79 Å². The number of carbonyl (C=O) groups is 1. The lowest BCUT2D eigenvalue weighted by Crippen LogP contribution is -2.28. The minimum Gasteiger partial charge on any atom is -0.349 e. The molecule has 1 amide bonds. The molecule has 1 aromatic heterocycles. The third-order valence-corrected chi connectivity index (χ3v) is 6.01. The Labute approximate surface area is 167 Å². The van der Waals surface area contributed by atoms with Crippen LogP contribution in [0.3, 0.4) is 0 Å². The molecular weight excluding hydrogens is 376 g/mol. The fraction of sp³-hybridized carbons (Fsp3) is 0.250. The summed E-state index contributed by atoms with van der Waals surface area (Å²) in [5.74, 6) is 0.297. The van der Waals surface area contributed by atoms with Crippen LogP contribution in [0.1, 0.15) is 29.7 Å². The molecule has 0 radical (unpaired) electrons. The molecule has 0 saturated heterocycles. The number of carbonyl (C=O) groups excluding carboxylic acids is 1. The first-order chi connectivity index (χ1) is 13.0. The number of amides is 1. The summed E-state index contributed by atoms with van der Waals surface area (Å²) in [4.78, 5) is 12.2. The lowest BCUT2D eigenvalue weighted by atomic mass is 10.1. The summed E-state index contributed by atoms with van der Waals surface area (Å²) in [5.41, 5.74) is 4.49. The van der Waals surface area contributed by atoms with Gasteiger partial charge in [-0.25, -0.2) is 0 Å². The smallest absolute Gasteiger partial charge is 0.230 e. The van der Waals surface area contributed by atoms with Crippen LogP contribution in [0.25, 0.3) is 0 Å². The molecule has 3 rings (SSSR count). The number of anilines is 2. The molecule has 0 fully saturated rings. The van der Waals surface area contributed by atoms with Crippen molar-refractivity contribution in [3.8, 4) is 0 Å². The Morgan fingerprint density at radius 2 is 1.93 bits per heavy atom. The second-order valence-corrected chi connectivity index (χ2v) is 8.51. The zero-order valence-corrected chi connectivity index (χ0v) is 17.2. The Bertz CT molecular complexity index is 911. The summed E-state index contributed by atoms with van der Waals surface area (Å²) in [7, 11) is 0. The number of hydrogen-bond donors (Lipinski definition) is 2. The second kappa shape index (κ2) is 9.01. The third kappa shape index (κ3) is 5.55. The van der Waals surface area contributed by atoms with Gasteiger partial charge in [0.25, 0.3) is 0 Å². The highest BCUT2D eigenvalue weighted by Gasteiger charge is 2.12. The molecule has 140 valence electrons. The zero-order valence-electron chi connectivity index (χ0n) is 15.5. The van der Waals surface area contributed by atoms with Gasteiger partial charge in [-0.3, -0.25) is 4.79 Å². The van der Waals surface area contributed by atoms with Crippen LogP contribution in [0.15, 0.2) is 52.9 Å². The maximum Gasteiger partial charge on any atom is 0.230 e. The SMILES string of the molecule is Cc1ccc(Nc2nnc(SCC(=O)N[C@@H](C)c3ccccc3)s2)c(C)c1. The van der Waals surface area contributed by atoms with Gasteiger partial charge < -0.3 is 10.6 Å². The molecule has 0 spiro atoms. The van der Waals surface area contributed by atoms with Gasteiger partial charge in [-0.2, -0.15) is 0 Å². The van der Waals surface area contributed by atoms with Crippen LogP contribution in [0, 0.1) is 13.8 Å². The molecule has 2 N–H and O–H groups in total. The first kappa shape index (κ1) is 19.4. The van der Waals surface area contributed by atoms with Crippen LogP contribution in [-0.2, 0) is 4.79 Å². The molecule has 0 aliphatic heterocycles.